The van der Waals surface area contributed by atoms with Gasteiger partial charge in [-0.05, 0) is 73.3 Å². The van der Waals surface area contributed by atoms with E-state index in [0.717, 1.165) is 49.0 Å². The van der Waals surface area contributed by atoms with E-state index >= 15 is 0 Å². The molecule has 1 N–H and O–H groups in total. The minimum Gasteiger partial charge on any atom is -0.396 e. The van der Waals surface area contributed by atoms with Crippen molar-refractivity contribution in [3.05, 3.63) is 57.3 Å². The van der Waals surface area contributed by atoms with E-state index < -0.39 is 11.7 Å². The highest BCUT2D eigenvalue weighted by atomic mass is 32.1. The van der Waals surface area contributed by atoms with Gasteiger partial charge in [0, 0.05) is 13.2 Å². The molecule has 1 saturated heterocycles. The number of halogens is 3. The van der Waals surface area contributed by atoms with Crippen molar-refractivity contribution in [2.24, 2.45) is 5.41 Å². The number of ketones is 1. The topological polar surface area (TPSA) is 40.5 Å². The first kappa shape index (κ1) is 21.0. The Hall–Kier alpha value is -1.70. The molecule has 0 unspecified atom stereocenters. The molecular weight excluding hydrogens is 387 g/mol. The molecule has 1 aliphatic heterocycles. The zero-order valence-corrected chi connectivity index (χ0v) is 16.6. The second-order valence-corrected chi connectivity index (χ2v) is 8.60. The Morgan fingerprint density at radius 2 is 1.93 bits per heavy atom. The lowest BCUT2D eigenvalue weighted by atomic mass is 9.74. The van der Waals surface area contributed by atoms with Crippen LogP contribution in [0.3, 0.4) is 0 Å². The minimum absolute atomic E-state index is 0.0377. The van der Waals surface area contributed by atoms with E-state index in [2.05, 4.69) is 4.90 Å². The molecule has 0 amide bonds. The summed E-state index contributed by atoms with van der Waals surface area (Å²) in [5, 5.41) is 12.0. The molecule has 0 radical (unpaired) electrons. The van der Waals surface area contributed by atoms with Gasteiger partial charge in [-0.1, -0.05) is 18.2 Å². The third kappa shape index (κ3) is 5.01. The van der Waals surface area contributed by atoms with Crippen molar-refractivity contribution in [1.29, 1.82) is 0 Å². The molecule has 28 heavy (non-hydrogen) atoms. The zero-order chi connectivity index (χ0) is 20.4. The van der Waals surface area contributed by atoms with Crippen molar-refractivity contribution in [2.45, 2.75) is 38.9 Å². The number of nitrogens with zero attached hydrogens (tertiary/aromatic N) is 1. The summed E-state index contributed by atoms with van der Waals surface area (Å²) in [6.45, 7) is 3.80. The summed E-state index contributed by atoms with van der Waals surface area (Å²) in [6.07, 6.45) is -2.47. The smallest absolute Gasteiger partial charge is 0.396 e. The first-order valence-electron chi connectivity index (χ1n) is 9.28. The number of benzene rings is 1. The molecular formula is C21H24F3NO2S. The minimum atomic E-state index is -4.36. The molecule has 1 fully saturated rings. The summed E-state index contributed by atoms with van der Waals surface area (Å²) < 4.78 is 38.9. The number of carbonyl (C=O) groups is 1. The van der Waals surface area contributed by atoms with Crippen LogP contribution in [-0.4, -0.2) is 35.5 Å². The van der Waals surface area contributed by atoms with Crippen molar-refractivity contribution in [3.8, 4) is 0 Å². The Morgan fingerprint density at radius 3 is 2.50 bits per heavy atom. The van der Waals surface area contributed by atoms with Crippen molar-refractivity contribution in [1.82, 2.24) is 4.90 Å². The third-order valence-electron chi connectivity index (χ3n) is 5.49. The van der Waals surface area contributed by atoms with Gasteiger partial charge in [0.25, 0.3) is 0 Å². The van der Waals surface area contributed by atoms with E-state index in [0.29, 0.717) is 12.0 Å². The zero-order valence-electron chi connectivity index (χ0n) is 15.8. The SMILES string of the molecule is CC(=O)c1cc(CN2CCC(CO)(Cc3cccc(C(F)(F)F)c3)CC2)cs1. The van der Waals surface area contributed by atoms with Crippen molar-refractivity contribution < 1.29 is 23.1 Å². The van der Waals surface area contributed by atoms with Crippen molar-refractivity contribution >= 4 is 17.1 Å². The summed E-state index contributed by atoms with van der Waals surface area (Å²) in [5.41, 5.74) is 0.681. The van der Waals surface area contributed by atoms with E-state index in [1.807, 2.05) is 11.4 Å². The molecule has 1 aliphatic rings. The van der Waals surface area contributed by atoms with Crippen LogP contribution in [0.1, 0.15) is 46.1 Å². The second kappa shape index (κ2) is 8.35. The van der Waals surface area contributed by atoms with E-state index in [9.17, 15) is 23.1 Å². The number of aliphatic hydroxyl groups is 1. The van der Waals surface area contributed by atoms with Gasteiger partial charge < -0.3 is 5.11 Å². The van der Waals surface area contributed by atoms with E-state index in [-0.39, 0.29) is 17.8 Å². The Labute approximate surface area is 166 Å². The number of hydrogen-bond donors (Lipinski definition) is 1. The van der Waals surface area contributed by atoms with E-state index in [4.69, 9.17) is 0 Å². The maximum atomic E-state index is 13.0. The molecule has 2 heterocycles. The molecule has 7 heteroatoms. The Morgan fingerprint density at radius 1 is 1.21 bits per heavy atom. The summed E-state index contributed by atoms with van der Waals surface area (Å²) in [5.74, 6) is 0.0651. The number of thiophene rings is 1. The predicted octanol–water partition coefficient (Wildman–Crippen LogP) is 4.79. The number of likely N-dealkylation sites (tertiary alicyclic amines) is 1. The normalized spacial score (nSPS) is 17.6. The van der Waals surface area contributed by atoms with Gasteiger partial charge in [-0.25, -0.2) is 0 Å². The molecule has 0 spiro atoms. The molecule has 152 valence electrons. The highest BCUT2D eigenvalue weighted by Gasteiger charge is 2.35. The lowest BCUT2D eigenvalue weighted by Gasteiger charge is -2.41. The number of rotatable bonds is 6. The lowest BCUT2D eigenvalue weighted by Crippen LogP contribution is -2.42. The molecule has 3 nitrogen and oxygen atoms in total. The summed E-state index contributed by atoms with van der Waals surface area (Å²) >= 11 is 1.45. The van der Waals surface area contributed by atoms with Crippen LogP contribution in [0.4, 0.5) is 13.2 Å². The number of carbonyl (C=O) groups excluding carboxylic acids is 1. The van der Waals surface area contributed by atoms with Gasteiger partial charge in [-0.2, -0.15) is 13.2 Å². The van der Waals surface area contributed by atoms with Crippen molar-refractivity contribution in [2.75, 3.05) is 19.7 Å². The Bertz CT molecular complexity index is 823. The second-order valence-electron chi connectivity index (χ2n) is 7.68. The fourth-order valence-corrected chi connectivity index (χ4v) is 4.57. The van der Waals surface area contributed by atoms with Crippen LogP contribution in [0.2, 0.25) is 0 Å². The maximum absolute atomic E-state index is 13.0. The van der Waals surface area contributed by atoms with Crippen LogP contribution in [-0.2, 0) is 19.1 Å². The van der Waals surface area contributed by atoms with Gasteiger partial charge >= 0.3 is 6.18 Å². The number of piperidine rings is 1. The van der Waals surface area contributed by atoms with Gasteiger partial charge in [0.1, 0.15) is 0 Å². The average Bonchev–Trinajstić information content (AvgIpc) is 3.12. The maximum Gasteiger partial charge on any atom is 0.416 e. The van der Waals surface area contributed by atoms with Crippen LogP contribution in [0, 0.1) is 5.41 Å². The summed E-state index contributed by atoms with van der Waals surface area (Å²) in [6, 6.07) is 7.32. The number of hydrogen-bond acceptors (Lipinski definition) is 4. The monoisotopic (exact) mass is 411 g/mol. The van der Waals surface area contributed by atoms with Crippen molar-refractivity contribution in [3.63, 3.8) is 0 Å². The van der Waals surface area contributed by atoms with E-state index in [1.165, 1.54) is 23.5 Å². The Balaban J connectivity index is 1.62. The van der Waals surface area contributed by atoms with Gasteiger partial charge in [-0.15, -0.1) is 11.3 Å². The standard InChI is InChI=1S/C21H24F3NO2S/c1-15(27)19-10-17(13-28-19)12-25-7-5-20(14-26,6-8-25)11-16-3-2-4-18(9-16)21(22,23)24/h2-4,9-10,13,26H,5-8,11-12,14H2,1H3. The fraction of sp³-hybridized carbons (Fsp3) is 0.476. The van der Waals surface area contributed by atoms with E-state index in [1.54, 1.807) is 13.0 Å². The van der Waals surface area contributed by atoms with Crippen LogP contribution in [0.25, 0.3) is 0 Å². The summed E-state index contributed by atoms with van der Waals surface area (Å²) in [7, 11) is 0. The van der Waals surface area contributed by atoms with Crippen LogP contribution >= 0.6 is 11.3 Å². The Kier molecular flexibility index (Phi) is 6.27. The molecule has 1 aromatic heterocycles. The molecule has 0 saturated carbocycles. The molecule has 0 aliphatic carbocycles. The van der Waals surface area contributed by atoms with Gasteiger partial charge in [-0.3, -0.25) is 9.69 Å². The fourth-order valence-electron chi connectivity index (χ4n) is 3.77. The van der Waals surface area contributed by atoms with Gasteiger partial charge in [0.2, 0.25) is 0 Å². The first-order chi connectivity index (χ1) is 13.2. The number of aliphatic hydroxyl groups excluding tert-OH is 1. The summed E-state index contributed by atoms with van der Waals surface area (Å²) in [4.78, 5) is 14.5. The first-order valence-corrected chi connectivity index (χ1v) is 10.2. The van der Waals surface area contributed by atoms with Gasteiger partial charge in [0.15, 0.2) is 5.78 Å². The van der Waals surface area contributed by atoms with Crippen LogP contribution in [0.5, 0.6) is 0 Å². The highest BCUT2D eigenvalue weighted by Crippen LogP contribution is 2.37. The predicted molar refractivity (Wildman–Crippen MR) is 104 cm³/mol. The lowest BCUT2D eigenvalue weighted by molar-refractivity contribution is -0.137. The number of alkyl halides is 3. The largest absolute Gasteiger partial charge is 0.416 e. The third-order valence-corrected chi connectivity index (χ3v) is 6.57. The average molecular weight is 411 g/mol. The number of Topliss-reactive ketones (excluding diaryl/α,β-unsaturated/α-hetero) is 1. The molecule has 0 bridgehead atoms. The van der Waals surface area contributed by atoms with Crippen LogP contribution in [0.15, 0.2) is 35.7 Å². The molecule has 2 aromatic rings. The quantitative estimate of drug-likeness (QED) is 0.695. The highest BCUT2D eigenvalue weighted by molar-refractivity contribution is 7.12. The van der Waals surface area contributed by atoms with Gasteiger partial charge in [0.05, 0.1) is 10.4 Å². The molecule has 1 aromatic carbocycles. The molecule has 0 atom stereocenters. The molecule has 3 rings (SSSR count). The van der Waals surface area contributed by atoms with Crippen LogP contribution < -0.4 is 0 Å².